The molecule has 0 saturated heterocycles. The third-order valence-corrected chi connectivity index (χ3v) is 4.01. The van der Waals surface area contributed by atoms with E-state index in [4.69, 9.17) is 11.6 Å². The van der Waals surface area contributed by atoms with Crippen LogP contribution in [-0.4, -0.2) is 19.5 Å². The number of benzene rings is 1. The van der Waals surface area contributed by atoms with Crippen LogP contribution in [0.1, 0.15) is 10.4 Å². The molecule has 0 aliphatic heterocycles. The molecule has 0 spiro atoms. The molecule has 1 unspecified atom stereocenters. The van der Waals surface area contributed by atoms with Crippen molar-refractivity contribution in [1.29, 1.82) is 0 Å². The van der Waals surface area contributed by atoms with E-state index < -0.39 is 0 Å². The average Bonchev–Trinajstić information content (AvgIpc) is 2.89. The molecule has 1 aromatic carbocycles. The summed E-state index contributed by atoms with van der Waals surface area (Å²) >= 11 is 7.63. The van der Waals surface area contributed by atoms with Crippen LogP contribution in [0.25, 0.3) is 0 Å². The molecule has 3 nitrogen and oxygen atoms in total. The Balaban J connectivity index is 1.75. The fourth-order valence-electron chi connectivity index (χ4n) is 1.96. The zero-order chi connectivity index (χ0) is 14.4. The van der Waals surface area contributed by atoms with Gasteiger partial charge in [-0.25, -0.2) is 0 Å². The summed E-state index contributed by atoms with van der Waals surface area (Å²) in [7, 11) is 2.03. The van der Waals surface area contributed by atoms with Crippen LogP contribution in [0.5, 0.6) is 0 Å². The maximum atomic E-state index is 11.9. The summed E-state index contributed by atoms with van der Waals surface area (Å²) in [6.45, 7) is 1.87. The fourth-order valence-corrected chi connectivity index (χ4v) is 2.99. The standard InChI is InChI=1S/C15H17ClN2OS/c1-18(10-14-6-3-7-20-14)11-15(19)17-9-12-4-2-5-13(16)8-12/h2-8H,9-11H2,1H3,(H,17,19)/p+1. The molecule has 1 heterocycles. The van der Waals surface area contributed by atoms with Crippen molar-refractivity contribution >= 4 is 28.8 Å². The molecule has 2 aromatic rings. The van der Waals surface area contributed by atoms with Crippen molar-refractivity contribution in [2.24, 2.45) is 0 Å². The summed E-state index contributed by atoms with van der Waals surface area (Å²) in [4.78, 5) is 14.4. The maximum Gasteiger partial charge on any atom is 0.275 e. The molecule has 2 rings (SSSR count). The molecule has 106 valence electrons. The first-order chi connectivity index (χ1) is 9.63. The van der Waals surface area contributed by atoms with Gasteiger partial charge in [0.2, 0.25) is 0 Å². The van der Waals surface area contributed by atoms with E-state index in [-0.39, 0.29) is 5.91 Å². The van der Waals surface area contributed by atoms with Crippen molar-refractivity contribution in [1.82, 2.24) is 5.32 Å². The predicted octanol–water partition coefficient (Wildman–Crippen LogP) is 1.73. The molecular weight excluding hydrogens is 292 g/mol. The average molecular weight is 310 g/mol. The minimum atomic E-state index is 0.0547. The highest BCUT2D eigenvalue weighted by molar-refractivity contribution is 7.09. The fraction of sp³-hybridized carbons (Fsp3) is 0.267. The van der Waals surface area contributed by atoms with Gasteiger partial charge < -0.3 is 10.2 Å². The molecule has 1 amide bonds. The molecule has 0 saturated carbocycles. The van der Waals surface area contributed by atoms with Crippen molar-refractivity contribution in [2.75, 3.05) is 13.6 Å². The number of carbonyl (C=O) groups is 1. The van der Waals surface area contributed by atoms with Crippen molar-refractivity contribution < 1.29 is 9.69 Å². The maximum absolute atomic E-state index is 11.9. The lowest BCUT2D eigenvalue weighted by atomic mass is 10.2. The van der Waals surface area contributed by atoms with E-state index in [0.717, 1.165) is 12.1 Å². The van der Waals surface area contributed by atoms with Gasteiger partial charge in [-0.05, 0) is 29.1 Å². The number of rotatable bonds is 6. The number of hydrogen-bond acceptors (Lipinski definition) is 2. The van der Waals surface area contributed by atoms with Crippen LogP contribution in [0, 0.1) is 0 Å². The monoisotopic (exact) mass is 309 g/mol. The molecule has 2 N–H and O–H groups in total. The van der Waals surface area contributed by atoms with Crippen molar-refractivity contribution in [2.45, 2.75) is 13.1 Å². The van der Waals surface area contributed by atoms with E-state index in [9.17, 15) is 4.79 Å². The topological polar surface area (TPSA) is 33.5 Å². The summed E-state index contributed by atoms with van der Waals surface area (Å²) in [6, 6.07) is 11.7. The lowest BCUT2D eigenvalue weighted by molar-refractivity contribution is -0.885. The second-order valence-electron chi connectivity index (χ2n) is 4.80. The molecule has 0 aliphatic rings. The molecule has 5 heteroatoms. The Morgan fingerprint density at radius 2 is 2.20 bits per heavy atom. The minimum Gasteiger partial charge on any atom is -0.347 e. The Morgan fingerprint density at radius 3 is 2.90 bits per heavy atom. The van der Waals surface area contributed by atoms with E-state index in [2.05, 4.69) is 16.8 Å². The van der Waals surface area contributed by atoms with E-state index in [1.54, 1.807) is 11.3 Å². The first-order valence-electron chi connectivity index (χ1n) is 6.48. The number of hydrogen-bond donors (Lipinski definition) is 2. The largest absolute Gasteiger partial charge is 0.347 e. The van der Waals surface area contributed by atoms with Gasteiger partial charge in [-0.3, -0.25) is 4.79 Å². The highest BCUT2D eigenvalue weighted by Gasteiger charge is 2.10. The van der Waals surface area contributed by atoms with Gasteiger partial charge in [-0.2, -0.15) is 0 Å². The van der Waals surface area contributed by atoms with Gasteiger partial charge in [0.05, 0.1) is 11.9 Å². The molecule has 0 radical (unpaired) electrons. The number of nitrogens with one attached hydrogen (secondary N) is 2. The number of quaternary nitrogens is 1. The Morgan fingerprint density at radius 1 is 1.35 bits per heavy atom. The zero-order valence-electron chi connectivity index (χ0n) is 11.4. The highest BCUT2D eigenvalue weighted by atomic mass is 35.5. The second-order valence-corrected chi connectivity index (χ2v) is 6.27. The molecule has 0 fully saturated rings. The number of amides is 1. The van der Waals surface area contributed by atoms with Crippen LogP contribution in [0.4, 0.5) is 0 Å². The van der Waals surface area contributed by atoms with Crippen LogP contribution in [-0.2, 0) is 17.9 Å². The Labute approximate surface area is 128 Å². The second kappa shape index (κ2) is 7.43. The molecule has 0 bridgehead atoms. The summed E-state index contributed by atoms with van der Waals surface area (Å²) in [5.74, 6) is 0.0547. The zero-order valence-corrected chi connectivity index (χ0v) is 12.9. The van der Waals surface area contributed by atoms with Crippen molar-refractivity contribution in [3.05, 3.63) is 57.2 Å². The number of halogens is 1. The third kappa shape index (κ3) is 4.96. The quantitative estimate of drug-likeness (QED) is 0.837. The summed E-state index contributed by atoms with van der Waals surface area (Å²) in [5, 5.41) is 5.67. The summed E-state index contributed by atoms with van der Waals surface area (Å²) in [6.07, 6.45) is 0. The lowest BCUT2D eigenvalue weighted by Gasteiger charge is -2.13. The Bertz CT molecular complexity index is 557. The summed E-state index contributed by atoms with van der Waals surface area (Å²) in [5.41, 5.74) is 1.02. The minimum absolute atomic E-state index is 0.0547. The first kappa shape index (κ1) is 15.0. The van der Waals surface area contributed by atoms with Gasteiger partial charge in [0.1, 0.15) is 6.54 Å². The van der Waals surface area contributed by atoms with Crippen LogP contribution in [0.3, 0.4) is 0 Å². The van der Waals surface area contributed by atoms with Gasteiger partial charge in [0.25, 0.3) is 5.91 Å². The van der Waals surface area contributed by atoms with Crippen molar-refractivity contribution in [3.8, 4) is 0 Å². The highest BCUT2D eigenvalue weighted by Crippen LogP contribution is 2.10. The van der Waals surface area contributed by atoms with Crippen LogP contribution in [0.2, 0.25) is 5.02 Å². The lowest BCUT2D eigenvalue weighted by Crippen LogP contribution is -3.08. The van der Waals surface area contributed by atoms with Crippen LogP contribution < -0.4 is 10.2 Å². The van der Waals surface area contributed by atoms with Crippen molar-refractivity contribution in [3.63, 3.8) is 0 Å². The van der Waals surface area contributed by atoms with Gasteiger partial charge in [0, 0.05) is 11.6 Å². The van der Waals surface area contributed by atoms with Gasteiger partial charge in [0.15, 0.2) is 6.54 Å². The van der Waals surface area contributed by atoms with Gasteiger partial charge in [-0.1, -0.05) is 29.8 Å². The number of thiophene rings is 1. The normalized spacial score (nSPS) is 12.1. The smallest absolute Gasteiger partial charge is 0.275 e. The SMILES string of the molecule is C[NH+](CC(=O)NCc1cccc(Cl)c1)Cc1cccs1. The van der Waals surface area contributed by atoms with E-state index in [0.29, 0.717) is 18.1 Å². The molecule has 1 aromatic heterocycles. The van der Waals surface area contributed by atoms with Gasteiger partial charge in [-0.15, -0.1) is 11.3 Å². The van der Waals surface area contributed by atoms with Crippen LogP contribution in [0.15, 0.2) is 41.8 Å². The molecule has 1 atom stereocenters. The van der Waals surface area contributed by atoms with Gasteiger partial charge >= 0.3 is 0 Å². The Hall–Kier alpha value is -1.36. The summed E-state index contributed by atoms with van der Waals surface area (Å²) < 4.78 is 0. The van der Waals surface area contributed by atoms with Crippen LogP contribution >= 0.6 is 22.9 Å². The molecule has 20 heavy (non-hydrogen) atoms. The molecular formula is C15H18ClN2OS+. The van der Waals surface area contributed by atoms with E-state index in [1.807, 2.05) is 37.4 Å². The first-order valence-corrected chi connectivity index (χ1v) is 7.74. The number of carbonyl (C=O) groups excluding carboxylic acids is 1. The third-order valence-electron chi connectivity index (χ3n) is 2.90. The van der Waals surface area contributed by atoms with E-state index >= 15 is 0 Å². The Kier molecular flexibility index (Phi) is 5.59. The predicted molar refractivity (Wildman–Crippen MR) is 83.1 cm³/mol. The number of likely N-dealkylation sites (N-methyl/N-ethyl adjacent to an activating group) is 1. The molecule has 0 aliphatic carbocycles. The van der Waals surface area contributed by atoms with E-state index in [1.165, 1.54) is 9.78 Å².